The highest BCUT2D eigenvalue weighted by molar-refractivity contribution is 4.99. The number of hydrogen-bond acceptors (Lipinski definition) is 2. The lowest BCUT2D eigenvalue weighted by Crippen LogP contribution is -2.22. The molecule has 0 aliphatic rings. The molecule has 56 valence electrons. The van der Waals surface area contributed by atoms with E-state index in [0.29, 0.717) is 0 Å². The summed E-state index contributed by atoms with van der Waals surface area (Å²) in [6.45, 7) is 4.79. The van der Waals surface area contributed by atoms with Crippen LogP contribution in [0.25, 0.3) is 0 Å². The number of nitrogens with zero attached hydrogens (tertiary/aromatic N) is 2. The van der Waals surface area contributed by atoms with Crippen LogP contribution >= 0.6 is 0 Å². The first kappa shape index (κ1) is 7.28. The maximum atomic E-state index is 5.57. The topological polar surface area (TPSA) is 43.8 Å². The van der Waals surface area contributed by atoms with Crippen LogP contribution in [0.15, 0.2) is 12.4 Å². The zero-order chi connectivity index (χ0) is 7.56. The molecule has 1 aromatic rings. The highest BCUT2D eigenvalue weighted by Crippen LogP contribution is 1.94. The Morgan fingerprint density at radius 2 is 2.50 bits per heavy atom. The van der Waals surface area contributed by atoms with Crippen molar-refractivity contribution in [1.82, 2.24) is 9.78 Å². The van der Waals surface area contributed by atoms with Crippen molar-refractivity contribution in [3.05, 3.63) is 18.0 Å². The average Bonchev–Trinajstić information content (AvgIpc) is 2.13. The van der Waals surface area contributed by atoms with E-state index in [-0.39, 0.29) is 6.04 Å². The van der Waals surface area contributed by atoms with Gasteiger partial charge in [-0.15, -0.1) is 0 Å². The molecule has 2 N–H and O–H groups in total. The first-order chi connectivity index (χ1) is 4.68. The van der Waals surface area contributed by atoms with Crippen LogP contribution in [-0.4, -0.2) is 15.8 Å². The summed E-state index contributed by atoms with van der Waals surface area (Å²) in [6.07, 6.45) is 3.83. The molecular weight excluding hydrogens is 126 g/mol. The van der Waals surface area contributed by atoms with E-state index < -0.39 is 0 Å². The van der Waals surface area contributed by atoms with E-state index in [1.54, 1.807) is 0 Å². The van der Waals surface area contributed by atoms with Crippen LogP contribution in [-0.2, 0) is 6.54 Å². The summed E-state index contributed by atoms with van der Waals surface area (Å²) >= 11 is 0. The Balaban J connectivity index is 2.58. The van der Waals surface area contributed by atoms with E-state index in [1.807, 2.05) is 30.9 Å². The summed E-state index contributed by atoms with van der Waals surface area (Å²) in [7, 11) is 0. The maximum absolute atomic E-state index is 5.57. The molecule has 0 spiro atoms. The predicted molar refractivity (Wildman–Crippen MR) is 40.6 cm³/mol. The summed E-state index contributed by atoms with van der Waals surface area (Å²) < 4.78 is 1.86. The Morgan fingerprint density at radius 3 is 2.90 bits per heavy atom. The minimum absolute atomic E-state index is 0.180. The van der Waals surface area contributed by atoms with Gasteiger partial charge in [-0.1, -0.05) is 0 Å². The Labute approximate surface area is 60.8 Å². The van der Waals surface area contributed by atoms with Gasteiger partial charge in [0.2, 0.25) is 0 Å². The quantitative estimate of drug-likeness (QED) is 0.649. The molecule has 0 bridgehead atoms. The average molecular weight is 139 g/mol. The van der Waals surface area contributed by atoms with Gasteiger partial charge in [0.15, 0.2) is 0 Å². The van der Waals surface area contributed by atoms with E-state index in [0.717, 1.165) is 6.54 Å². The monoisotopic (exact) mass is 139 g/mol. The van der Waals surface area contributed by atoms with E-state index in [1.165, 1.54) is 5.56 Å². The molecule has 0 radical (unpaired) electrons. The molecule has 1 rings (SSSR count). The number of rotatable bonds is 2. The van der Waals surface area contributed by atoms with Crippen molar-refractivity contribution in [3.63, 3.8) is 0 Å². The van der Waals surface area contributed by atoms with Crippen molar-refractivity contribution in [1.29, 1.82) is 0 Å². The van der Waals surface area contributed by atoms with Crippen LogP contribution in [0.4, 0.5) is 0 Å². The van der Waals surface area contributed by atoms with Gasteiger partial charge in [0.25, 0.3) is 0 Å². The van der Waals surface area contributed by atoms with Crippen LogP contribution in [0.2, 0.25) is 0 Å². The van der Waals surface area contributed by atoms with Gasteiger partial charge in [0.1, 0.15) is 0 Å². The number of nitrogens with two attached hydrogens (primary N) is 1. The second kappa shape index (κ2) is 2.84. The lowest BCUT2D eigenvalue weighted by atomic mass is 10.4. The van der Waals surface area contributed by atoms with Crippen molar-refractivity contribution >= 4 is 0 Å². The van der Waals surface area contributed by atoms with Crippen LogP contribution < -0.4 is 5.73 Å². The van der Waals surface area contributed by atoms with E-state index in [4.69, 9.17) is 5.73 Å². The van der Waals surface area contributed by atoms with Gasteiger partial charge in [-0.2, -0.15) is 5.10 Å². The third-order valence-corrected chi connectivity index (χ3v) is 1.24. The largest absolute Gasteiger partial charge is 0.326 e. The molecule has 1 aromatic heterocycles. The summed E-state index contributed by atoms with van der Waals surface area (Å²) in [5.74, 6) is 0. The first-order valence-corrected chi connectivity index (χ1v) is 3.43. The molecule has 10 heavy (non-hydrogen) atoms. The van der Waals surface area contributed by atoms with Gasteiger partial charge in [0.05, 0.1) is 12.7 Å². The molecule has 0 saturated carbocycles. The van der Waals surface area contributed by atoms with Crippen molar-refractivity contribution in [2.24, 2.45) is 5.73 Å². The number of aromatic nitrogens is 2. The molecule has 0 aromatic carbocycles. The zero-order valence-corrected chi connectivity index (χ0v) is 6.41. The van der Waals surface area contributed by atoms with Crippen LogP contribution in [0, 0.1) is 6.92 Å². The number of aryl methyl sites for hydroxylation is 1. The molecule has 3 nitrogen and oxygen atoms in total. The van der Waals surface area contributed by atoms with Crippen molar-refractivity contribution in [2.45, 2.75) is 26.4 Å². The minimum Gasteiger partial charge on any atom is -0.326 e. The third-order valence-electron chi connectivity index (χ3n) is 1.24. The molecular formula is C7H13N3. The molecule has 1 atom stereocenters. The second-order valence-electron chi connectivity index (χ2n) is 2.72. The van der Waals surface area contributed by atoms with Crippen molar-refractivity contribution < 1.29 is 0 Å². The van der Waals surface area contributed by atoms with Crippen molar-refractivity contribution in [3.8, 4) is 0 Å². The SMILES string of the molecule is Cc1cnn(C[C@@H](C)N)c1. The fourth-order valence-electron chi connectivity index (χ4n) is 0.862. The molecule has 0 unspecified atom stereocenters. The van der Waals surface area contributed by atoms with Crippen LogP contribution in [0.5, 0.6) is 0 Å². The van der Waals surface area contributed by atoms with Gasteiger partial charge in [-0.05, 0) is 19.4 Å². The maximum Gasteiger partial charge on any atom is 0.0557 e. The van der Waals surface area contributed by atoms with Crippen LogP contribution in [0.3, 0.4) is 0 Å². The smallest absolute Gasteiger partial charge is 0.0557 e. The Morgan fingerprint density at radius 1 is 1.80 bits per heavy atom. The Kier molecular flexibility index (Phi) is 2.06. The molecule has 0 aliphatic heterocycles. The normalized spacial score (nSPS) is 13.5. The highest BCUT2D eigenvalue weighted by atomic mass is 15.3. The zero-order valence-electron chi connectivity index (χ0n) is 6.41. The van der Waals surface area contributed by atoms with E-state index in [2.05, 4.69) is 5.10 Å². The van der Waals surface area contributed by atoms with E-state index >= 15 is 0 Å². The molecule has 0 aliphatic carbocycles. The van der Waals surface area contributed by atoms with Gasteiger partial charge in [-0.3, -0.25) is 4.68 Å². The molecule has 3 heteroatoms. The molecule has 0 amide bonds. The third kappa shape index (κ3) is 1.84. The lowest BCUT2D eigenvalue weighted by molar-refractivity contribution is 0.538. The standard InChI is InChI=1S/C7H13N3/c1-6-3-9-10(4-6)5-7(2)8/h3-4,7H,5,8H2,1-2H3/t7-/m1/s1. The molecule has 0 fully saturated rings. The molecule has 0 saturated heterocycles. The van der Waals surface area contributed by atoms with Gasteiger partial charge >= 0.3 is 0 Å². The van der Waals surface area contributed by atoms with E-state index in [9.17, 15) is 0 Å². The predicted octanol–water partition coefficient (Wildman–Crippen LogP) is 0.539. The summed E-state index contributed by atoms with van der Waals surface area (Å²) in [4.78, 5) is 0. The summed E-state index contributed by atoms with van der Waals surface area (Å²) in [5.41, 5.74) is 6.75. The summed E-state index contributed by atoms with van der Waals surface area (Å²) in [5, 5.41) is 4.09. The number of hydrogen-bond donors (Lipinski definition) is 1. The second-order valence-corrected chi connectivity index (χ2v) is 2.72. The van der Waals surface area contributed by atoms with Gasteiger partial charge in [-0.25, -0.2) is 0 Å². The Hall–Kier alpha value is -0.830. The van der Waals surface area contributed by atoms with Gasteiger partial charge in [0, 0.05) is 12.2 Å². The Bertz CT molecular complexity index is 202. The molecule has 1 heterocycles. The summed E-state index contributed by atoms with van der Waals surface area (Å²) in [6, 6.07) is 0.180. The fraction of sp³-hybridized carbons (Fsp3) is 0.571. The van der Waals surface area contributed by atoms with Gasteiger partial charge < -0.3 is 5.73 Å². The lowest BCUT2D eigenvalue weighted by Gasteiger charge is -2.03. The minimum atomic E-state index is 0.180. The van der Waals surface area contributed by atoms with Crippen LogP contribution in [0.1, 0.15) is 12.5 Å². The van der Waals surface area contributed by atoms with Crippen molar-refractivity contribution in [2.75, 3.05) is 0 Å². The fourth-order valence-corrected chi connectivity index (χ4v) is 0.862. The first-order valence-electron chi connectivity index (χ1n) is 3.43. The highest BCUT2D eigenvalue weighted by Gasteiger charge is 1.96.